The van der Waals surface area contributed by atoms with Gasteiger partial charge < -0.3 is 0 Å². The Morgan fingerprint density at radius 1 is 0.283 bits per heavy atom. The number of pyridine rings is 1. The van der Waals surface area contributed by atoms with E-state index in [1.165, 1.54) is 22.3 Å². The highest BCUT2D eigenvalue weighted by atomic mass is 15.0. The summed E-state index contributed by atoms with van der Waals surface area (Å²) in [6.07, 6.45) is 1.88. The SMILES string of the molecule is c1ccc(-c2nc(-c3ccccc3)nc(-c3ccc(-c4ccc(-c5ccc(-c6ccnc7ccccc67)cc5)cc4)cc3)n2)cc1. The lowest BCUT2D eigenvalue weighted by Gasteiger charge is -2.10. The van der Waals surface area contributed by atoms with Gasteiger partial charge in [0.15, 0.2) is 17.5 Å². The van der Waals surface area contributed by atoms with Crippen molar-refractivity contribution >= 4 is 10.9 Å². The summed E-state index contributed by atoms with van der Waals surface area (Å²) in [6, 6.07) is 56.4. The topological polar surface area (TPSA) is 51.6 Å². The number of hydrogen-bond donors (Lipinski definition) is 0. The van der Waals surface area contributed by atoms with E-state index >= 15 is 0 Å². The maximum absolute atomic E-state index is 4.86. The molecule has 0 saturated carbocycles. The fourth-order valence-electron chi connectivity index (χ4n) is 5.79. The summed E-state index contributed by atoms with van der Waals surface area (Å²) in [5, 5.41) is 1.16. The third-order valence-corrected chi connectivity index (χ3v) is 8.24. The zero-order chi connectivity index (χ0) is 30.7. The van der Waals surface area contributed by atoms with Crippen molar-refractivity contribution in [1.29, 1.82) is 0 Å². The molecule has 0 unspecified atom stereocenters. The molecule has 0 fully saturated rings. The minimum atomic E-state index is 0.651. The maximum atomic E-state index is 4.86. The third kappa shape index (κ3) is 5.44. The molecule has 46 heavy (non-hydrogen) atoms. The standard InChI is InChI=1S/C42H28N4/c1-3-9-34(10-4-1)40-44-41(35-11-5-2-6-12-35)46-42(45-40)36-25-21-32(22-26-36)30-17-15-29(16-18-30)31-19-23-33(24-20-31)37-27-28-43-39-14-8-7-13-38(37)39/h1-28H. The van der Waals surface area contributed by atoms with Gasteiger partial charge in [-0.3, -0.25) is 4.98 Å². The largest absolute Gasteiger partial charge is 0.256 e. The molecule has 0 N–H and O–H groups in total. The Labute approximate surface area is 267 Å². The van der Waals surface area contributed by atoms with E-state index in [1.54, 1.807) is 0 Å². The van der Waals surface area contributed by atoms with E-state index in [9.17, 15) is 0 Å². The van der Waals surface area contributed by atoms with Crippen LogP contribution in [0.15, 0.2) is 170 Å². The van der Waals surface area contributed by atoms with Crippen molar-refractivity contribution in [1.82, 2.24) is 19.9 Å². The second-order valence-electron chi connectivity index (χ2n) is 11.1. The first kappa shape index (κ1) is 27.3. The van der Waals surface area contributed by atoms with Gasteiger partial charge in [0.05, 0.1) is 5.52 Å². The molecule has 2 heterocycles. The molecule has 8 rings (SSSR count). The van der Waals surface area contributed by atoms with Gasteiger partial charge in [-0.1, -0.05) is 152 Å². The summed E-state index contributed by atoms with van der Waals surface area (Å²) in [7, 11) is 0. The van der Waals surface area contributed by atoms with Crippen molar-refractivity contribution in [2.45, 2.75) is 0 Å². The van der Waals surface area contributed by atoms with E-state index in [0.717, 1.165) is 38.7 Å². The van der Waals surface area contributed by atoms with Crippen molar-refractivity contribution in [3.05, 3.63) is 170 Å². The molecule has 216 valence electrons. The molecule has 0 radical (unpaired) electrons. The van der Waals surface area contributed by atoms with E-state index < -0.39 is 0 Å². The smallest absolute Gasteiger partial charge is 0.164 e. The number of aromatic nitrogens is 4. The molecule has 0 saturated heterocycles. The fraction of sp³-hybridized carbons (Fsp3) is 0. The number of nitrogens with zero attached hydrogens (tertiary/aromatic N) is 4. The Balaban J connectivity index is 1.05. The molecule has 0 aliphatic rings. The number of fused-ring (bicyclic) bond motifs is 1. The van der Waals surface area contributed by atoms with Gasteiger partial charge in [0.2, 0.25) is 0 Å². The summed E-state index contributed by atoms with van der Waals surface area (Å²) in [5.41, 5.74) is 10.9. The van der Waals surface area contributed by atoms with Crippen molar-refractivity contribution in [3.8, 4) is 67.5 Å². The van der Waals surface area contributed by atoms with Crippen molar-refractivity contribution in [3.63, 3.8) is 0 Å². The fourth-order valence-corrected chi connectivity index (χ4v) is 5.79. The van der Waals surface area contributed by atoms with E-state index in [2.05, 4.69) is 102 Å². The molecule has 0 aliphatic heterocycles. The van der Waals surface area contributed by atoms with Crippen molar-refractivity contribution < 1.29 is 0 Å². The average Bonchev–Trinajstić information content (AvgIpc) is 3.15. The van der Waals surface area contributed by atoms with E-state index in [-0.39, 0.29) is 0 Å². The van der Waals surface area contributed by atoms with Gasteiger partial charge in [-0.25, -0.2) is 15.0 Å². The molecule has 2 aromatic heterocycles. The zero-order valence-corrected chi connectivity index (χ0v) is 25.0. The third-order valence-electron chi connectivity index (χ3n) is 8.24. The summed E-state index contributed by atoms with van der Waals surface area (Å²) in [4.78, 5) is 19.0. The second-order valence-corrected chi connectivity index (χ2v) is 11.1. The predicted molar refractivity (Wildman–Crippen MR) is 188 cm³/mol. The summed E-state index contributed by atoms with van der Waals surface area (Å²) >= 11 is 0. The summed E-state index contributed by atoms with van der Waals surface area (Å²) in [5.74, 6) is 1.97. The molecule has 6 aromatic carbocycles. The highest BCUT2D eigenvalue weighted by Gasteiger charge is 2.12. The second kappa shape index (κ2) is 12.0. The van der Waals surface area contributed by atoms with E-state index in [1.807, 2.05) is 72.9 Å². The first-order valence-electron chi connectivity index (χ1n) is 15.3. The van der Waals surface area contributed by atoms with Crippen LogP contribution in [0.2, 0.25) is 0 Å². The van der Waals surface area contributed by atoms with E-state index in [0.29, 0.717) is 17.5 Å². The zero-order valence-electron chi connectivity index (χ0n) is 25.0. The van der Waals surface area contributed by atoms with Crippen LogP contribution in [0.1, 0.15) is 0 Å². The van der Waals surface area contributed by atoms with Crippen LogP contribution in [-0.4, -0.2) is 19.9 Å². The van der Waals surface area contributed by atoms with Crippen LogP contribution in [0.4, 0.5) is 0 Å². The Morgan fingerprint density at radius 3 is 1.13 bits per heavy atom. The lowest BCUT2D eigenvalue weighted by molar-refractivity contribution is 1.07. The highest BCUT2D eigenvalue weighted by Crippen LogP contribution is 2.31. The Morgan fingerprint density at radius 2 is 0.652 bits per heavy atom. The van der Waals surface area contributed by atoms with Crippen LogP contribution < -0.4 is 0 Å². The first-order valence-corrected chi connectivity index (χ1v) is 15.3. The first-order chi connectivity index (χ1) is 22.8. The van der Waals surface area contributed by atoms with Crippen LogP contribution in [0.5, 0.6) is 0 Å². The van der Waals surface area contributed by atoms with Crippen LogP contribution in [-0.2, 0) is 0 Å². The molecular formula is C42H28N4. The predicted octanol–water partition coefficient (Wildman–Crippen LogP) is 10.4. The molecule has 0 aliphatic carbocycles. The molecular weight excluding hydrogens is 560 g/mol. The lowest BCUT2D eigenvalue weighted by Crippen LogP contribution is -2.00. The normalized spacial score (nSPS) is 11.0. The average molecular weight is 589 g/mol. The van der Waals surface area contributed by atoms with Crippen LogP contribution >= 0.6 is 0 Å². The Hall–Kier alpha value is -6.26. The van der Waals surface area contributed by atoms with Gasteiger partial charge in [0.25, 0.3) is 0 Å². The summed E-state index contributed by atoms with van der Waals surface area (Å²) < 4.78 is 0. The Bertz CT molecular complexity index is 2200. The minimum absolute atomic E-state index is 0.651. The van der Waals surface area contributed by atoms with Crippen molar-refractivity contribution in [2.24, 2.45) is 0 Å². The molecule has 4 nitrogen and oxygen atoms in total. The summed E-state index contributed by atoms with van der Waals surface area (Å²) in [6.45, 7) is 0. The minimum Gasteiger partial charge on any atom is -0.256 e. The monoisotopic (exact) mass is 588 g/mol. The molecule has 0 bridgehead atoms. The molecule has 0 amide bonds. The lowest BCUT2D eigenvalue weighted by atomic mass is 9.96. The van der Waals surface area contributed by atoms with E-state index in [4.69, 9.17) is 15.0 Å². The highest BCUT2D eigenvalue weighted by molar-refractivity contribution is 5.94. The molecule has 4 heteroatoms. The maximum Gasteiger partial charge on any atom is 0.164 e. The number of benzene rings is 6. The quantitative estimate of drug-likeness (QED) is 0.194. The van der Waals surface area contributed by atoms with Gasteiger partial charge in [0.1, 0.15) is 0 Å². The van der Waals surface area contributed by atoms with Gasteiger partial charge in [-0.15, -0.1) is 0 Å². The molecule has 0 spiro atoms. The van der Waals surface area contributed by atoms with Crippen LogP contribution in [0, 0.1) is 0 Å². The van der Waals surface area contributed by atoms with Gasteiger partial charge in [0, 0.05) is 28.3 Å². The molecule has 0 atom stereocenters. The number of rotatable bonds is 6. The number of hydrogen-bond acceptors (Lipinski definition) is 4. The van der Waals surface area contributed by atoms with Crippen LogP contribution in [0.25, 0.3) is 78.4 Å². The van der Waals surface area contributed by atoms with Gasteiger partial charge in [-0.2, -0.15) is 0 Å². The number of para-hydroxylation sites is 1. The van der Waals surface area contributed by atoms with Gasteiger partial charge in [-0.05, 0) is 45.5 Å². The van der Waals surface area contributed by atoms with Crippen LogP contribution in [0.3, 0.4) is 0 Å². The van der Waals surface area contributed by atoms with Crippen molar-refractivity contribution in [2.75, 3.05) is 0 Å². The molecule has 8 aromatic rings. The van der Waals surface area contributed by atoms with Gasteiger partial charge >= 0.3 is 0 Å². The Kier molecular flexibility index (Phi) is 7.14.